The highest BCUT2D eigenvalue weighted by molar-refractivity contribution is 7.99. The van der Waals surface area contributed by atoms with Crippen LogP contribution in [0.1, 0.15) is 22.3 Å². The quantitative estimate of drug-likeness (QED) is 0.176. The second-order valence-electron chi connectivity index (χ2n) is 12.8. The Hall–Kier alpha value is -5.63. The standard InChI is InChI=1S/C47H30S/c1-2-15-35(16-3-1)47(36-26-22-33(23-27-36)42-30-34-14-6-7-17-37(34)40-20-10-11-21-41(40)42)45-38-18-8-4-12-31(38)24-28-43(45)48-44-29-25-32-13-5-9-19-39(32)46(44)47/h1-30H. The molecule has 1 aliphatic rings. The molecule has 0 amide bonds. The van der Waals surface area contributed by atoms with Gasteiger partial charge in [-0.25, -0.2) is 0 Å². The summed E-state index contributed by atoms with van der Waals surface area (Å²) in [6.45, 7) is 0. The zero-order valence-electron chi connectivity index (χ0n) is 26.2. The van der Waals surface area contributed by atoms with Crippen LogP contribution in [0.4, 0.5) is 0 Å². The molecule has 0 atom stereocenters. The Morgan fingerprint density at radius 1 is 0.333 bits per heavy atom. The molecule has 9 aromatic carbocycles. The van der Waals surface area contributed by atoms with Gasteiger partial charge >= 0.3 is 0 Å². The summed E-state index contributed by atoms with van der Waals surface area (Å²) in [6, 6.07) is 67.7. The molecule has 0 saturated carbocycles. The molecule has 48 heavy (non-hydrogen) atoms. The Morgan fingerprint density at radius 3 is 1.44 bits per heavy atom. The molecule has 10 rings (SSSR count). The minimum atomic E-state index is -0.539. The van der Waals surface area contributed by atoms with E-state index in [-0.39, 0.29) is 0 Å². The van der Waals surface area contributed by atoms with Crippen LogP contribution in [0.15, 0.2) is 192 Å². The maximum absolute atomic E-state index is 2.40. The highest BCUT2D eigenvalue weighted by Crippen LogP contribution is 2.59. The van der Waals surface area contributed by atoms with Crippen molar-refractivity contribution in [3.05, 3.63) is 204 Å². The number of benzene rings is 9. The number of rotatable bonds is 3. The summed E-state index contributed by atoms with van der Waals surface area (Å²) in [5, 5.41) is 10.3. The molecule has 0 fully saturated rings. The largest absolute Gasteiger partial charge is 0.0894 e. The van der Waals surface area contributed by atoms with Crippen molar-refractivity contribution in [2.75, 3.05) is 0 Å². The molecule has 9 aromatic rings. The molecule has 1 aliphatic heterocycles. The van der Waals surface area contributed by atoms with Gasteiger partial charge in [-0.1, -0.05) is 176 Å². The van der Waals surface area contributed by atoms with E-state index in [0.29, 0.717) is 0 Å². The van der Waals surface area contributed by atoms with E-state index in [4.69, 9.17) is 0 Å². The Morgan fingerprint density at radius 2 is 0.812 bits per heavy atom. The summed E-state index contributed by atoms with van der Waals surface area (Å²) >= 11 is 1.91. The molecule has 1 heteroatoms. The zero-order valence-corrected chi connectivity index (χ0v) is 27.0. The van der Waals surface area contributed by atoms with Crippen LogP contribution in [0.5, 0.6) is 0 Å². The molecular weight excluding hydrogens is 597 g/mol. The first-order chi connectivity index (χ1) is 23.8. The fourth-order valence-corrected chi connectivity index (χ4v) is 9.55. The molecule has 0 bridgehead atoms. The van der Waals surface area contributed by atoms with E-state index in [1.54, 1.807) is 0 Å². The first-order valence-electron chi connectivity index (χ1n) is 16.6. The van der Waals surface area contributed by atoms with Gasteiger partial charge in [0.2, 0.25) is 0 Å². The lowest BCUT2D eigenvalue weighted by Crippen LogP contribution is -2.34. The number of fused-ring (bicyclic) bond motifs is 9. The van der Waals surface area contributed by atoms with Crippen LogP contribution in [0.3, 0.4) is 0 Å². The van der Waals surface area contributed by atoms with Crippen LogP contribution in [0.25, 0.3) is 54.2 Å². The third-order valence-corrected chi connectivity index (χ3v) is 11.5. The molecule has 224 valence electrons. The van der Waals surface area contributed by atoms with Gasteiger partial charge < -0.3 is 0 Å². The van der Waals surface area contributed by atoms with E-state index in [2.05, 4.69) is 182 Å². The topological polar surface area (TPSA) is 0 Å². The van der Waals surface area contributed by atoms with Crippen molar-refractivity contribution in [2.24, 2.45) is 0 Å². The lowest BCUT2D eigenvalue weighted by molar-refractivity contribution is 0.718. The molecule has 0 saturated heterocycles. The number of hydrogen-bond acceptors (Lipinski definition) is 1. The molecule has 0 N–H and O–H groups in total. The first kappa shape index (κ1) is 27.5. The van der Waals surface area contributed by atoms with Gasteiger partial charge in [0.05, 0.1) is 5.41 Å². The monoisotopic (exact) mass is 626 g/mol. The highest BCUT2D eigenvalue weighted by atomic mass is 32.2. The predicted molar refractivity (Wildman–Crippen MR) is 204 cm³/mol. The Kier molecular flexibility index (Phi) is 6.13. The number of hydrogen-bond donors (Lipinski definition) is 0. The third-order valence-electron chi connectivity index (χ3n) is 10.4. The fourth-order valence-electron chi connectivity index (χ4n) is 8.32. The second-order valence-corrected chi connectivity index (χ2v) is 13.9. The maximum Gasteiger partial charge on any atom is 0.0735 e. The van der Waals surface area contributed by atoms with Gasteiger partial charge in [-0.2, -0.15) is 0 Å². The minimum absolute atomic E-state index is 0.539. The average Bonchev–Trinajstić information content (AvgIpc) is 3.17. The summed E-state index contributed by atoms with van der Waals surface area (Å²) in [7, 11) is 0. The molecule has 0 unspecified atom stereocenters. The van der Waals surface area contributed by atoms with Crippen LogP contribution >= 0.6 is 11.8 Å². The van der Waals surface area contributed by atoms with Crippen molar-refractivity contribution in [3.8, 4) is 11.1 Å². The van der Waals surface area contributed by atoms with Crippen LogP contribution in [0, 0.1) is 0 Å². The van der Waals surface area contributed by atoms with Gasteiger partial charge in [-0.05, 0) is 94.7 Å². The van der Waals surface area contributed by atoms with Crippen LogP contribution in [0.2, 0.25) is 0 Å². The third kappa shape index (κ3) is 3.92. The zero-order chi connectivity index (χ0) is 31.7. The molecule has 0 radical (unpaired) electrons. The lowest BCUT2D eigenvalue weighted by atomic mass is 9.62. The van der Waals surface area contributed by atoms with E-state index >= 15 is 0 Å². The van der Waals surface area contributed by atoms with Gasteiger partial charge in [0.1, 0.15) is 0 Å². The maximum atomic E-state index is 2.40. The van der Waals surface area contributed by atoms with Crippen molar-refractivity contribution in [1.82, 2.24) is 0 Å². The highest BCUT2D eigenvalue weighted by Gasteiger charge is 2.46. The van der Waals surface area contributed by atoms with Crippen molar-refractivity contribution in [1.29, 1.82) is 0 Å². The van der Waals surface area contributed by atoms with Crippen molar-refractivity contribution >= 4 is 54.9 Å². The molecule has 0 aromatic heterocycles. The molecule has 0 aliphatic carbocycles. The summed E-state index contributed by atoms with van der Waals surface area (Å²) < 4.78 is 0. The van der Waals surface area contributed by atoms with Crippen molar-refractivity contribution in [2.45, 2.75) is 15.2 Å². The fraction of sp³-hybridized carbons (Fsp3) is 0.0213. The molecular formula is C47H30S. The van der Waals surface area contributed by atoms with Gasteiger partial charge in [-0.15, -0.1) is 0 Å². The average molecular weight is 627 g/mol. The first-order valence-corrected chi connectivity index (χ1v) is 17.4. The van der Waals surface area contributed by atoms with Gasteiger partial charge in [0, 0.05) is 9.79 Å². The second kappa shape index (κ2) is 10.7. The van der Waals surface area contributed by atoms with Crippen LogP contribution in [-0.2, 0) is 5.41 Å². The smallest absolute Gasteiger partial charge is 0.0735 e. The Balaban J connectivity index is 1.32. The Bertz CT molecular complexity index is 2600. The SMILES string of the molecule is c1ccc(C2(c3ccc(-c4cc5ccccc5c5ccccc45)cc3)c3c(ccc4ccccc34)Sc3ccc4ccccc4c32)cc1. The van der Waals surface area contributed by atoms with E-state index < -0.39 is 5.41 Å². The predicted octanol–water partition coefficient (Wildman–Crippen LogP) is 12.8. The van der Waals surface area contributed by atoms with E-state index in [9.17, 15) is 0 Å². The molecule has 0 nitrogen and oxygen atoms in total. The van der Waals surface area contributed by atoms with Gasteiger partial charge in [0.25, 0.3) is 0 Å². The van der Waals surface area contributed by atoms with Gasteiger partial charge in [0.15, 0.2) is 0 Å². The summed E-state index contributed by atoms with van der Waals surface area (Å²) in [5.74, 6) is 0. The lowest BCUT2D eigenvalue weighted by Gasteiger charge is -2.43. The van der Waals surface area contributed by atoms with Crippen LogP contribution < -0.4 is 0 Å². The minimum Gasteiger partial charge on any atom is -0.0894 e. The summed E-state index contributed by atoms with van der Waals surface area (Å²) in [6.07, 6.45) is 0. The van der Waals surface area contributed by atoms with Crippen molar-refractivity contribution in [3.63, 3.8) is 0 Å². The normalized spacial score (nSPS) is 13.5. The molecule has 0 spiro atoms. The van der Waals surface area contributed by atoms with E-state index in [0.717, 1.165) is 0 Å². The van der Waals surface area contributed by atoms with Crippen LogP contribution in [-0.4, -0.2) is 0 Å². The molecule has 1 heterocycles. The summed E-state index contributed by atoms with van der Waals surface area (Å²) in [4.78, 5) is 2.62. The summed E-state index contributed by atoms with van der Waals surface area (Å²) in [5.41, 5.74) is 7.24. The Labute approximate surface area is 284 Å². The van der Waals surface area contributed by atoms with Gasteiger partial charge in [-0.3, -0.25) is 0 Å². The van der Waals surface area contributed by atoms with Crippen molar-refractivity contribution < 1.29 is 0 Å². The van der Waals surface area contributed by atoms with E-state index in [1.807, 2.05) is 11.8 Å². The van der Waals surface area contributed by atoms with E-state index in [1.165, 1.54) is 86.3 Å².